The van der Waals surface area contributed by atoms with Gasteiger partial charge in [0.2, 0.25) is 0 Å². The molecule has 2 aromatic heterocycles. The predicted molar refractivity (Wildman–Crippen MR) is 104 cm³/mol. The van der Waals surface area contributed by atoms with E-state index in [0.717, 1.165) is 47.0 Å². The largest absolute Gasteiger partial charge is 0.387 e. The summed E-state index contributed by atoms with van der Waals surface area (Å²) in [5, 5.41) is 11.2. The molecule has 4 rings (SSSR count). The molecule has 3 aromatic rings. The third-order valence-corrected chi connectivity index (χ3v) is 6.33. The van der Waals surface area contributed by atoms with Gasteiger partial charge in [-0.1, -0.05) is 11.6 Å². The second-order valence-electron chi connectivity index (χ2n) is 6.72. The second kappa shape index (κ2) is 7.44. The lowest BCUT2D eigenvalue weighted by Crippen LogP contribution is -3.09. The number of aliphatic hydroxyl groups is 1. The number of nitrogens with two attached hydrogens (primary N) is 1. The van der Waals surface area contributed by atoms with Crippen molar-refractivity contribution in [2.24, 2.45) is 5.92 Å². The first-order valence-corrected chi connectivity index (χ1v) is 9.93. The summed E-state index contributed by atoms with van der Waals surface area (Å²) >= 11 is 7.70. The second-order valence-corrected chi connectivity index (χ2v) is 8.25. The molecule has 6 nitrogen and oxygen atoms in total. The molecule has 1 fully saturated rings. The van der Waals surface area contributed by atoms with Crippen molar-refractivity contribution in [2.45, 2.75) is 17.5 Å². The summed E-state index contributed by atoms with van der Waals surface area (Å²) in [5.41, 5.74) is 8.66. The standard InChI is InChI=1S/C18H20ClN5OS/c19-13-1-3-14(4-2-13)26-9-12-7-24(8-15(12)25)6-11-5-21-17-16(11)22-10-23-18(17)20/h1-5,10,12,15,21,25H,6-9H2,(H2,20,22,23)/p+1/t12-,15+/m1/s1. The molecule has 1 aliphatic heterocycles. The monoisotopic (exact) mass is 390 g/mol. The number of aromatic nitrogens is 3. The maximum absolute atomic E-state index is 10.5. The van der Waals surface area contributed by atoms with Crippen molar-refractivity contribution >= 4 is 40.2 Å². The topological polar surface area (TPSA) is 92.3 Å². The van der Waals surface area contributed by atoms with Crippen LogP contribution in [0, 0.1) is 5.92 Å². The number of hydrogen-bond acceptors (Lipinski definition) is 5. The summed E-state index contributed by atoms with van der Waals surface area (Å²) in [6.45, 7) is 2.50. The normalized spacial score (nSPS) is 22.9. The number of hydrogen-bond donors (Lipinski definition) is 4. The molecule has 0 radical (unpaired) electrons. The Balaban J connectivity index is 1.38. The Bertz CT molecular complexity index is 900. The number of anilines is 1. The number of fused-ring (bicyclic) bond motifs is 1. The van der Waals surface area contributed by atoms with Crippen molar-refractivity contribution in [3.63, 3.8) is 0 Å². The number of likely N-dealkylation sites (tertiary alicyclic amines) is 1. The minimum absolute atomic E-state index is 0.274. The van der Waals surface area contributed by atoms with Crippen LogP contribution in [0.15, 0.2) is 41.7 Å². The molecule has 0 bridgehead atoms. The minimum atomic E-state index is -0.283. The smallest absolute Gasteiger partial charge is 0.151 e. The zero-order chi connectivity index (χ0) is 18.1. The van der Waals surface area contributed by atoms with E-state index < -0.39 is 0 Å². The fraction of sp³-hybridized carbons (Fsp3) is 0.333. The summed E-state index contributed by atoms with van der Waals surface area (Å²) in [7, 11) is 0. The van der Waals surface area contributed by atoms with E-state index in [1.54, 1.807) is 11.8 Å². The van der Waals surface area contributed by atoms with E-state index in [2.05, 4.69) is 15.0 Å². The number of quaternary nitrogens is 1. The Morgan fingerprint density at radius 1 is 1.27 bits per heavy atom. The van der Waals surface area contributed by atoms with E-state index in [1.807, 2.05) is 30.5 Å². The first-order chi connectivity index (χ1) is 12.6. The maximum Gasteiger partial charge on any atom is 0.151 e. The fourth-order valence-electron chi connectivity index (χ4n) is 3.52. The molecule has 1 unspecified atom stereocenters. The van der Waals surface area contributed by atoms with Crippen LogP contribution in [0.3, 0.4) is 0 Å². The molecule has 3 heterocycles. The zero-order valence-electron chi connectivity index (χ0n) is 14.2. The van der Waals surface area contributed by atoms with Gasteiger partial charge in [-0.25, -0.2) is 9.97 Å². The number of aliphatic hydroxyl groups excluding tert-OH is 1. The average Bonchev–Trinajstić information content (AvgIpc) is 3.19. The summed E-state index contributed by atoms with van der Waals surface area (Å²) in [4.78, 5) is 14.1. The van der Waals surface area contributed by atoms with E-state index in [0.29, 0.717) is 5.82 Å². The van der Waals surface area contributed by atoms with Gasteiger partial charge in [-0.3, -0.25) is 0 Å². The van der Waals surface area contributed by atoms with Gasteiger partial charge >= 0.3 is 0 Å². The highest BCUT2D eigenvalue weighted by Gasteiger charge is 2.35. The molecule has 1 aliphatic rings. The van der Waals surface area contributed by atoms with Gasteiger partial charge in [0.05, 0.1) is 12.1 Å². The first kappa shape index (κ1) is 17.6. The number of nitrogen functional groups attached to an aromatic ring is 1. The molecule has 5 N–H and O–H groups in total. The first-order valence-electron chi connectivity index (χ1n) is 8.56. The fourth-order valence-corrected chi connectivity index (χ4v) is 4.72. The summed E-state index contributed by atoms with van der Waals surface area (Å²) in [6, 6.07) is 7.85. The van der Waals surface area contributed by atoms with Gasteiger partial charge in [-0.2, -0.15) is 0 Å². The highest BCUT2D eigenvalue weighted by molar-refractivity contribution is 7.99. The van der Waals surface area contributed by atoms with Crippen LogP contribution in [0.25, 0.3) is 11.0 Å². The van der Waals surface area contributed by atoms with Crippen molar-refractivity contribution < 1.29 is 10.0 Å². The zero-order valence-corrected chi connectivity index (χ0v) is 15.7. The third kappa shape index (κ3) is 3.66. The number of thioether (sulfide) groups is 1. The molecule has 26 heavy (non-hydrogen) atoms. The van der Waals surface area contributed by atoms with Crippen molar-refractivity contribution in [3.05, 3.63) is 47.4 Å². The highest BCUT2D eigenvalue weighted by Crippen LogP contribution is 2.24. The van der Waals surface area contributed by atoms with Gasteiger partial charge < -0.3 is 20.7 Å². The number of aromatic amines is 1. The molecular formula is C18H21ClN5OS+. The number of halogens is 1. The Morgan fingerprint density at radius 2 is 2.08 bits per heavy atom. The maximum atomic E-state index is 10.5. The van der Waals surface area contributed by atoms with Crippen molar-refractivity contribution in [1.82, 2.24) is 15.0 Å². The Morgan fingerprint density at radius 3 is 2.88 bits per heavy atom. The van der Waals surface area contributed by atoms with E-state index in [4.69, 9.17) is 17.3 Å². The molecular weight excluding hydrogens is 370 g/mol. The van der Waals surface area contributed by atoms with Crippen LogP contribution in [0.5, 0.6) is 0 Å². The Labute approximate surface area is 160 Å². The van der Waals surface area contributed by atoms with Crippen LogP contribution in [0.4, 0.5) is 5.82 Å². The summed E-state index contributed by atoms with van der Waals surface area (Å²) in [6.07, 6.45) is 3.16. The number of nitrogens with one attached hydrogen (secondary N) is 2. The lowest BCUT2D eigenvalue weighted by molar-refractivity contribution is -0.903. The van der Waals surface area contributed by atoms with Crippen LogP contribution >= 0.6 is 23.4 Å². The van der Waals surface area contributed by atoms with Gasteiger partial charge in [0.15, 0.2) is 5.82 Å². The van der Waals surface area contributed by atoms with E-state index >= 15 is 0 Å². The van der Waals surface area contributed by atoms with Crippen LogP contribution in [-0.4, -0.2) is 45.0 Å². The number of H-pyrrole nitrogens is 1. The van der Waals surface area contributed by atoms with Gasteiger partial charge in [0.25, 0.3) is 0 Å². The highest BCUT2D eigenvalue weighted by atomic mass is 35.5. The van der Waals surface area contributed by atoms with Crippen LogP contribution in [0.1, 0.15) is 5.56 Å². The summed E-state index contributed by atoms with van der Waals surface area (Å²) in [5.74, 6) is 1.64. The molecule has 1 saturated heterocycles. The SMILES string of the molecule is Nc1ncnc2c(C[NH+]3C[C@H](CSc4ccc(Cl)cc4)[C@@H](O)C3)c[nH]c12. The number of benzene rings is 1. The summed E-state index contributed by atoms with van der Waals surface area (Å²) < 4.78 is 0. The van der Waals surface area contributed by atoms with Gasteiger partial charge in [-0.15, -0.1) is 11.8 Å². The lowest BCUT2D eigenvalue weighted by atomic mass is 10.1. The lowest BCUT2D eigenvalue weighted by Gasteiger charge is -2.12. The molecule has 3 atom stereocenters. The van der Waals surface area contributed by atoms with Crippen LogP contribution in [0.2, 0.25) is 5.02 Å². The van der Waals surface area contributed by atoms with Crippen molar-refractivity contribution in [3.8, 4) is 0 Å². The molecule has 1 aromatic carbocycles. The van der Waals surface area contributed by atoms with E-state index in [-0.39, 0.29) is 12.0 Å². The molecule has 0 saturated carbocycles. The van der Waals surface area contributed by atoms with Gasteiger partial charge in [0, 0.05) is 27.8 Å². The minimum Gasteiger partial charge on any atom is -0.387 e. The molecule has 8 heteroatoms. The van der Waals surface area contributed by atoms with Gasteiger partial charge in [-0.05, 0) is 24.3 Å². The third-order valence-electron chi connectivity index (χ3n) is 4.88. The van der Waals surface area contributed by atoms with Crippen molar-refractivity contribution in [2.75, 3.05) is 24.6 Å². The number of nitrogens with zero attached hydrogens (tertiary/aromatic N) is 2. The molecule has 0 aliphatic carbocycles. The van der Waals surface area contributed by atoms with Crippen molar-refractivity contribution in [1.29, 1.82) is 0 Å². The Hall–Kier alpha value is -1.80. The molecule has 0 amide bonds. The van der Waals surface area contributed by atoms with E-state index in [1.165, 1.54) is 16.1 Å². The van der Waals surface area contributed by atoms with Gasteiger partial charge in [0.1, 0.15) is 36.6 Å². The van der Waals surface area contributed by atoms with Crippen LogP contribution < -0.4 is 10.6 Å². The quantitative estimate of drug-likeness (QED) is 0.494. The Kier molecular flexibility index (Phi) is 5.04. The van der Waals surface area contributed by atoms with Crippen LogP contribution in [-0.2, 0) is 6.54 Å². The molecule has 136 valence electrons. The number of rotatable bonds is 5. The van der Waals surface area contributed by atoms with E-state index in [9.17, 15) is 5.11 Å². The average molecular weight is 391 g/mol. The predicted octanol–water partition coefficient (Wildman–Crippen LogP) is 1.36. The molecule has 0 spiro atoms.